The predicted octanol–water partition coefficient (Wildman–Crippen LogP) is -0.270. The lowest BCUT2D eigenvalue weighted by molar-refractivity contribution is -0.125. The number of carbonyl (C=O) groups excluding carboxylic acids is 3. The number of amides is 3. The minimum Gasteiger partial charge on any atom is -0.355 e. The van der Waals surface area contributed by atoms with Crippen LogP contribution in [-0.4, -0.2) is 37.4 Å². The first-order valence-corrected chi connectivity index (χ1v) is 6.36. The predicted molar refractivity (Wildman–Crippen MR) is 68.3 cm³/mol. The molecule has 98 valence electrons. The summed E-state index contributed by atoms with van der Waals surface area (Å²) in [6.07, 6.45) is 0. The molecule has 1 aromatic heterocycles. The first kappa shape index (κ1) is 14.2. The number of nitrogens with one attached hydrogen (secondary N) is 3. The van der Waals surface area contributed by atoms with E-state index in [1.165, 1.54) is 11.3 Å². The zero-order chi connectivity index (χ0) is 13.4. The summed E-state index contributed by atoms with van der Waals surface area (Å²) in [6.45, 7) is 2.09. The molecule has 1 aromatic rings. The van der Waals surface area contributed by atoms with E-state index in [0.717, 1.165) is 0 Å². The molecule has 0 saturated carbocycles. The molecule has 0 radical (unpaired) electrons. The minimum atomic E-state index is -0.397. The molecule has 0 atom stereocenters. The molecule has 0 aromatic carbocycles. The molecule has 0 saturated heterocycles. The third kappa shape index (κ3) is 4.96. The Hall–Kier alpha value is -1.89. The van der Waals surface area contributed by atoms with Gasteiger partial charge in [0.25, 0.3) is 5.91 Å². The van der Waals surface area contributed by atoms with Gasteiger partial charge in [0.2, 0.25) is 11.8 Å². The Kier molecular flexibility index (Phi) is 5.86. The molecule has 3 amide bonds. The van der Waals surface area contributed by atoms with Gasteiger partial charge in [-0.05, 0) is 18.4 Å². The molecule has 18 heavy (non-hydrogen) atoms. The summed E-state index contributed by atoms with van der Waals surface area (Å²) in [5.41, 5.74) is 0. The fraction of sp³-hybridized carbons (Fsp3) is 0.364. The topological polar surface area (TPSA) is 87.3 Å². The van der Waals surface area contributed by atoms with Gasteiger partial charge in [-0.15, -0.1) is 11.3 Å². The highest BCUT2D eigenvalue weighted by molar-refractivity contribution is 7.12. The van der Waals surface area contributed by atoms with Gasteiger partial charge in [-0.1, -0.05) is 6.07 Å². The standard InChI is InChI=1S/C11H15N3O3S/c1-2-12-9(15)6-13-10(16)7-14-11(17)8-4-3-5-18-8/h3-5H,2,6-7H2,1H3,(H,12,15)(H,13,16)(H,14,17). The van der Waals surface area contributed by atoms with Crippen molar-refractivity contribution in [1.82, 2.24) is 16.0 Å². The first-order chi connectivity index (χ1) is 8.63. The summed E-state index contributed by atoms with van der Waals surface area (Å²) >= 11 is 1.30. The number of rotatable bonds is 6. The molecule has 6 nitrogen and oxygen atoms in total. The Labute approximate surface area is 109 Å². The normalized spacial score (nSPS) is 9.61. The molecule has 0 unspecified atom stereocenters. The average molecular weight is 269 g/mol. The monoisotopic (exact) mass is 269 g/mol. The molecule has 0 spiro atoms. The second-order valence-electron chi connectivity index (χ2n) is 3.39. The van der Waals surface area contributed by atoms with Crippen molar-refractivity contribution >= 4 is 29.1 Å². The Morgan fingerprint density at radius 2 is 1.78 bits per heavy atom. The van der Waals surface area contributed by atoms with Crippen LogP contribution in [0.5, 0.6) is 0 Å². The van der Waals surface area contributed by atoms with E-state index in [9.17, 15) is 14.4 Å². The van der Waals surface area contributed by atoms with Crippen molar-refractivity contribution in [2.75, 3.05) is 19.6 Å². The van der Waals surface area contributed by atoms with Crippen LogP contribution < -0.4 is 16.0 Å². The van der Waals surface area contributed by atoms with E-state index in [2.05, 4.69) is 16.0 Å². The molecule has 0 aliphatic carbocycles. The zero-order valence-corrected chi connectivity index (χ0v) is 10.8. The molecular weight excluding hydrogens is 254 g/mol. The second-order valence-corrected chi connectivity index (χ2v) is 4.34. The molecular formula is C11H15N3O3S. The van der Waals surface area contributed by atoms with Gasteiger partial charge in [-0.3, -0.25) is 14.4 Å². The number of thiophene rings is 1. The Morgan fingerprint density at radius 3 is 2.39 bits per heavy atom. The third-order valence-electron chi connectivity index (χ3n) is 1.97. The highest BCUT2D eigenvalue weighted by atomic mass is 32.1. The van der Waals surface area contributed by atoms with Crippen LogP contribution in [0.4, 0.5) is 0 Å². The average Bonchev–Trinajstić information content (AvgIpc) is 2.87. The first-order valence-electron chi connectivity index (χ1n) is 5.48. The van der Waals surface area contributed by atoms with Crippen LogP contribution in [-0.2, 0) is 9.59 Å². The van der Waals surface area contributed by atoms with Gasteiger partial charge in [0.15, 0.2) is 0 Å². The summed E-state index contributed by atoms with van der Waals surface area (Å²) < 4.78 is 0. The molecule has 1 heterocycles. The Morgan fingerprint density at radius 1 is 1.11 bits per heavy atom. The molecule has 0 bridgehead atoms. The molecule has 0 fully saturated rings. The Bertz CT molecular complexity index is 417. The van der Waals surface area contributed by atoms with Gasteiger partial charge in [0.1, 0.15) is 0 Å². The van der Waals surface area contributed by atoms with Gasteiger partial charge in [-0.25, -0.2) is 0 Å². The van der Waals surface area contributed by atoms with Crippen molar-refractivity contribution in [2.24, 2.45) is 0 Å². The summed E-state index contributed by atoms with van der Waals surface area (Å²) in [6, 6.07) is 3.43. The van der Waals surface area contributed by atoms with Crippen LogP contribution in [0.2, 0.25) is 0 Å². The van der Waals surface area contributed by atoms with Crippen molar-refractivity contribution in [3.05, 3.63) is 22.4 Å². The van der Waals surface area contributed by atoms with Crippen molar-refractivity contribution in [2.45, 2.75) is 6.92 Å². The van der Waals surface area contributed by atoms with E-state index in [4.69, 9.17) is 0 Å². The molecule has 1 rings (SSSR count). The second kappa shape index (κ2) is 7.44. The SMILES string of the molecule is CCNC(=O)CNC(=O)CNC(=O)c1cccs1. The van der Waals surface area contributed by atoms with Crippen LogP contribution in [0.3, 0.4) is 0 Å². The number of hydrogen-bond acceptors (Lipinski definition) is 4. The van der Waals surface area contributed by atoms with Gasteiger partial charge in [0, 0.05) is 6.54 Å². The smallest absolute Gasteiger partial charge is 0.261 e. The minimum absolute atomic E-state index is 0.0818. The fourth-order valence-electron chi connectivity index (χ4n) is 1.16. The maximum Gasteiger partial charge on any atom is 0.261 e. The molecule has 0 aliphatic rings. The molecule has 0 aliphatic heterocycles. The lowest BCUT2D eigenvalue weighted by Crippen LogP contribution is -2.41. The zero-order valence-electron chi connectivity index (χ0n) is 9.99. The fourth-order valence-corrected chi connectivity index (χ4v) is 1.80. The van der Waals surface area contributed by atoms with Crippen molar-refractivity contribution in [1.29, 1.82) is 0 Å². The highest BCUT2D eigenvalue weighted by Gasteiger charge is 2.09. The third-order valence-corrected chi connectivity index (χ3v) is 2.84. The van der Waals surface area contributed by atoms with Gasteiger partial charge in [-0.2, -0.15) is 0 Å². The summed E-state index contributed by atoms with van der Waals surface area (Å²) in [4.78, 5) is 34.4. The lowest BCUT2D eigenvalue weighted by Gasteiger charge is -2.06. The highest BCUT2D eigenvalue weighted by Crippen LogP contribution is 2.07. The van der Waals surface area contributed by atoms with Gasteiger partial charge in [0.05, 0.1) is 18.0 Å². The summed E-state index contributed by atoms with van der Waals surface area (Å²) in [5, 5.41) is 9.20. The van der Waals surface area contributed by atoms with E-state index < -0.39 is 5.91 Å². The van der Waals surface area contributed by atoms with Crippen molar-refractivity contribution in [3.63, 3.8) is 0 Å². The van der Waals surface area contributed by atoms with E-state index in [1.807, 2.05) is 0 Å². The Balaban J connectivity index is 2.21. The van der Waals surface area contributed by atoms with E-state index >= 15 is 0 Å². The number of carbonyl (C=O) groups is 3. The van der Waals surface area contributed by atoms with E-state index in [1.54, 1.807) is 24.4 Å². The summed E-state index contributed by atoms with van der Waals surface area (Å²) in [5.74, 6) is -0.945. The number of likely N-dealkylation sites (N-methyl/N-ethyl adjacent to an activating group) is 1. The van der Waals surface area contributed by atoms with Crippen LogP contribution in [0.1, 0.15) is 16.6 Å². The van der Waals surface area contributed by atoms with E-state index in [0.29, 0.717) is 11.4 Å². The summed E-state index contributed by atoms with van der Waals surface area (Å²) in [7, 11) is 0. The molecule has 3 N–H and O–H groups in total. The maximum atomic E-state index is 11.5. The van der Waals surface area contributed by atoms with Crippen molar-refractivity contribution in [3.8, 4) is 0 Å². The molecule has 7 heteroatoms. The largest absolute Gasteiger partial charge is 0.355 e. The van der Waals surface area contributed by atoms with Gasteiger partial charge < -0.3 is 16.0 Å². The van der Waals surface area contributed by atoms with Crippen molar-refractivity contribution < 1.29 is 14.4 Å². The van der Waals surface area contributed by atoms with Crippen LogP contribution >= 0.6 is 11.3 Å². The number of hydrogen-bond donors (Lipinski definition) is 3. The lowest BCUT2D eigenvalue weighted by atomic mass is 10.4. The van der Waals surface area contributed by atoms with Gasteiger partial charge >= 0.3 is 0 Å². The van der Waals surface area contributed by atoms with Crippen LogP contribution in [0, 0.1) is 0 Å². The van der Waals surface area contributed by atoms with Crippen LogP contribution in [0.15, 0.2) is 17.5 Å². The van der Waals surface area contributed by atoms with Crippen LogP contribution in [0.25, 0.3) is 0 Å². The van der Waals surface area contributed by atoms with E-state index in [-0.39, 0.29) is 24.9 Å². The quantitative estimate of drug-likeness (QED) is 0.664. The maximum absolute atomic E-state index is 11.5.